The molecular formula is C26H25N5O3. The van der Waals surface area contributed by atoms with Gasteiger partial charge >= 0.3 is 0 Å². The molecule has 0 bridgehead atoms. The number of Topliss-reactive ketones (excluding diaryl/α,β-unsaturated/α-hetero) is 1. The van der Waals surface area contributed by atoms with Gasteiger partial charge in [0.05, 0.1) is 36.2 Å². The van der Waals surface area contributed by atoms with Crippen LogP contribution in [0.15, 0.2) is 48.7 Å². The van der Waals surface area contributed by atoms with E-state index in [-0.39, 0.29) is 11.7 Å². The van der Waals surface area contributed by atoms with Gasteiger partial charge in [-0.1, -0.05) is 12.1 Å². The number of fused-ring (bicyclic) bond motifs is 2. The van der Waals surface area contributed by atoms with Gasteiger partial charge in [0.25, 0.3) is 0 Å². The third-order valence-corrected chi connectivity index (χ3v) is 6.02. The molecule has 8 heteroatoms. The van der Waals surface area contributed by atoms with Gasteiger partial charge < -0.3 is 9.47 Å². The van der Waals surface area contributed by atoms with E-state index < -0.39 is 0 Å². The molecule has 2 aromatic heterocycles. The van der Waals surface area contributed by atoms with Gasteiger partial charge in [0, 0.05) is 18.0 Å². The Morgan fingerprint density at radius 2 is 1.79 bits per heavy atom. The van der Waals surface area contributed by atoms with Crippen LogP contribution in [-0.2, 0) is 6.42 Å². The SMILES string of the molecule is CCOc1ccc2nc(Nc3ncc4c(n3)CC(c3ccc(OC)cc3)CC4=O)nc(C)c2c1. The van der Waals surface area contributed by atoms with E-state index in [2.05, 4.69) is 25.3 Å². The van der Waals surface area contributed by atoms with Gasteiger partial charge in [-0.15, -0.1) is 0 Å². The summed E-state index contributed by atoms with van der Waals surface area (Å²) in [5, 5.41) is 4.03. The second-order valence-electron chi connectivity index (χ2n) is 8.23. The molecule has 2 aromatic carbocycles. The van der Waals surface area contributed by atoms with Gasteiger partial charge in [0.2, 0.25) is 11.9 Å². The molecule has 34 heavy (non-hydrogen) atoms. The summed E-state index contributed by atoms with van der Waals surface area (Å²) in [5.41, 5.74) is 4.02. The van der Waals surface area contributed by atoms with Crippen molar-refractivity contribution in [2.24, 2.45) is 0 Å². The maximum atomic E-state index is 12.8. The molecule has 1 atom stereocenters. The highest BCUT2D eigenvalue weighted by molar-refractivity contribution is 5.98. The molecule has 0 aliphatic heterocycles. The molecular weight excluding hydrogens is 430 g/mol. The molecule has 1 unspecified atom stereocenters. The van der Waals surface area contributed by atoms with E-state index in [0.717, 1.165) is 39.4 Å². The van der Waals surface area contributed by atoms with Crippen molar-refractivity contribution >= 4 is 28.6 Å². The first-order valence-corrected chi connectivity index (χ1v) is 11.3. The number of carbonyl (C=O) groups is 1. The number of ether oxygens (including phenoxy) is 2. The highest BCUT2D eigenvalue weighted by atomic mass is 16.5. The first kappa shape index (κ1) is 21.8. The van der Waals surface area contributed by atoms with E-state index in [9.17, 15) is 4.79 Å². The number of aromatic nitrogens is 4. The molecule has 8 nitrogen and oxygen atoms in total. The van der Waals surface area contributed by atoms with Crippen LogP contribution in [0.2, 0.25) is 0 Å². The average Bonchev–Trinajstić information content (AvgIpc) is 2.84. The van der Waals surface area contributed by atoms with Crippen molar-refractivity contribution in [3.05, 3.63) is 71.2 Å². The van der Waals surface area contributed by atoms with Crippen LogP contribution in [-0.4, -0.2) is 39.4 Å². The molecule has 1 aliphatic carbocycles. The number of hydrogen-bond donors (Lipinski definition) is 1. The summed E-state index contributed by atoms with van der Waals surface area (Å²) in [4.78, 5) is 30.9. The van der Waals surface area contributed by atoms with Crippen molar-refractivity contribution in [3.63, 3.8) is 0 Å². The fraction of sp³-hybridized carbons (Fsp3) is 0.269. The number of aryl methyl sites for hydroxylation is 1. The molecule has 0 spiro atoms. The zero-order chi connectivity index (χ0) is 23.7. The third-order valence-electron chi connectivity index (χ3n) is 6.02. The van der Waals surface area contributed by atoms with E-state index in [4.69, 9.17) is 9.47 Å². The summed E-state index contributed by atoms with van der Waals surface area (Å²) < 4.78 is 10.8. The summed E-state index contributed by atoms with van der Waals surface area (Å²) in [7, 11) is 1.64. The van der Waals surface area contributed by atoms with Crippen molar-refractivity contribution in [2.45, 2.75) is 32.6 Å². The van der Waals surface area contributed by atoms with Crippen molar-refractivity contribution in [1.82, 2.24) is 19.9 Å². The van der Waals surface area contributed by atoms with Crippen molar-refractivity contribution < 1.29 is 14.3 Å². The van der Waals surface area contributed by atoms with Gasteiger partial charge in [-0.2, -0.15) is 0 Å². The van der Waals surface area contributed by atoms with Gasteiger partial charge in [-0.25, -0.2) is 19.9 Å². The zero-order valence-electron chi connectivity index (χ0n) is 19.3. The second-order valence-corrected chi connectivity index (χ2v) is 8.23. The van der Waals surface area contributed by atoms with Crippen molar-refractivity contribution in [1.29, 1.82) is 0 Å². The van der Waals surface area contributed by atoms with Crippen LogP contribution < -0.4 is 14.8 Å². The number of anilines is 2. The fourth-order valence-corrected chi connectivity index (χ4v) is 4.29. The maximum Gasteiger partial charge on any atom is 0.230 e. The molecule has 1 N–H and O–H groups in total. The minimum atomic E-state index is 0.0523. The largest absolute Gasteiger partial charge is 0.497 e. The molecule has 0 radical (unpaired) electrons. The molecule has 2 heterocycles. The number of rotatable bonds is 6. The molecule has 4 aromatic rings. The Morgan fingerprint density at radius 3 is 2.56 bits per heavy atom. The van der Waals surface area contributed by atoms with Crippen molar-refractivity contribution in [3.8, 4) is 11.5 Å². The fourth-order valence-electron chi connectivity index (χ4n) is 4.29. The molecule has 0 saturated heterocycles. The summed E-state index contributed by atoms with van der Waals surface area (Å²) in [6, 6.07) is 13.6. The van der Waals surface area contributed by atoms with E-state index in [1.807, 2.05) is 56.3 Å². The van der Waals surface area contributed by atoms with E-state index in [1.165, 1.54) is 0 Å². The maximum absolute atomic E-state index is 12.8. The Morgan fingerprint density at radius 1 is 1.00 bits per heavy atom. The zero-order valence-corrected chi connectivity index (χ0v) is 19.3. The topological polar surface area (TPSA) is 99.1 Å². The van der Waals surface area contributed by atoms with Crippen LogP contribution in [0.3, 0.4) is 0 Å². The minimum absolute atomic E-state index is 0.0523. The van der Waals surface area contributed by atoms with Crippen LogP contribution in [0.1, 0.15) is 46.6 Å². The van der Waals surface area contributed by atoms with Gasteiger partial charge in [0.15, 0.2) is 5.78 Å². The quantitative estimate of drug-likeness (QED) is 0.443. The Labute approximate surface area is 197 Å². The van der Waals surface area contributed by atoms with Crippen LogP contribution >= 0.6 is 0 Å². The average molecular weight is 456 g/mol. The lowest BCUT2D eigenvalue weighted by Crippen LogP contribution is -2.21. The summed E-state index contributed by atoms with van der Waals surface area (Å²) in [6.07, 6.45) is 2.69. The lowest BCUT2D eigenvalue weighted by molar-refractivity contribution is 0.0962. The predicted molar refractivity (Wildman–Crippen MR) is 129 cm³/mol. The Balaban J connectivity index is 1.40. The Hall–Kier alpha value is -4.07. The minimum Gasteiger partial charge on any atom is -0.497 e. The van der Waals surface area contributed by atoms with Crippen LogP contribution in [0.4, 0.5) is 11.9 Å². The monoisotopic (exact) mass is 455 g/mol. The number of methoxy groups -OCH3 is 1. The van der Waals surface area contributed by atoms with Crippen LogP contribution in [0.25, 0.3) is 10.9 Å². The van der Waals surface area contributed by atoms with Crippen LogP contribution in [0.5, 0.6) is 11.5 Å². The number of nitrogens with one attached hydrogen (secondary N) is 1. The van der Waals surface area contributed by atoms with E-state index >= 15 is 0 Å². The summed E-state index contributed by atoms with van der Waals surface area (Å²) in [6.45, 7) is 4.48. The van der Waals surface area contributed by atoms with Gasteiger partial charge in [-0.3, -0.25) is 10.1 Å². The van der Waals surface area contributed by atoms with Crippen molar-refractivity contribution in [2.75, 3.05) is 19.0 Å². The molecule has 5 rings (SSSR count). The number of ketones is 1. The molecule has 1 aliphatic rings. The van der Waals surface area contributed by atoms with Crippen LogP contribution in [0, 0.1) is 6.92 Å². The lowest BCUT2D eigenvalue weighted by Gasteiger charge is -2.23. The van der Waals surface area contributed by atoms with E-state index in [0.29, 0.717) is 36.9 Å². The van der Waals surface area contributed by atoms with Gasteiger partial charge in [0.1, 0.15) is 11.5 Å². The Bertz CT molecular complexity index is 1370. The molecule has 0 saturated carbocycles. The standard InChI is InChI=1S/C26H25N5O3/c1-4-34-19-9-10-22-20(13-19)15(2)28-26(29-22)31-25-27-14-21-23(30-25)11-17(12-24(21)32)16-5-7-18(33-3)8-6-16/h5-10,13-14,17H,4,11-12H2,1-3H3,(H,27,28,29,30,31). The second kappa shape index (κ2) is 9.05. The molecule has 0 amide bonds. The Kier molecular flexibility index (Phi) is 5.79. The van der Waals surface area contributed by atoms with E-state index in [1.54, 1.807) is 13.3 Å². The third kappa shape index (κ3) is 4.26. The smallest absolute Gasteiger partial charge is 0.230 e. The predicted octanol–water partition coefficient (Wildman–Crippen LogP) is 4.79. The lowest BCUT2D eigenvalue weighted by atomic mass is 9.82. The number of nitrogens with zero attached hydrogens (tertiary/aromatic N) is 4. The summed E-state index contributed by atoms with van der Waals surface area (Å²) >= 11 is 0. The molecule has 172 valence electrons. The first-order valence-electron chi connectivity index (χ1n) is 11.3. The molecule has 0 fully saturated rings. The highest BCUT2D eigenvalue weighted by Crippen LogP contribution is 2.33. The number of hydrogen-bond acceptors (Lipinski definition) is 8. The normalized spacial score (nSPS) is 15.1. The van der Waals surface area contributed by atoms with Gasteiger partial charge in [-0.05, 0) is 62.1 Å². The highest BCUT2D eigenvalue weighted by Gasteiger charge is 2.28. The number of carbonyl (C=O) groups excluding carboxylic acids is 1. The number of benzene rings is 2. The summed E-state index contributed by atoms with van der Waals surface area (Å²) in [5.74, 6) is 2.47. The first-order chi connectivity index (χ1) is 16.5.